The van der Waals surface area contributed by atoms with Crippen molar-refractivity contribution >= 4 is 6.08 Å². The zero-order valence-electron chi connectivity index (χ0n) is 3.80. The zero-order valence-corrected chi connectivity index (χ0v) is 3.80. The maximum absolute atomic E-state index is 9.28. The summed E-state index contributed by atoms with van der Waals surface area (Å²) in [6.07, 6.45) is 1.37. The highest BCUT2D eigenvalue weighted by Gasteiger charge is 1.68. The van der Waals surface area contributed by atoms with E-state index in [1.807, 2.05) is 0 Å². The highest BCUT2D eigenvalue weighted by molar-refractivity contribution is 5.31. The molecule has 0 radical (unpaired) electrons. The van der Waals surface area contributed by atoms with E-state index in [0.717, 1.165) is 0 Å². The molecule has 0 heterocycles. The number of hydrogen-bond acceptors (Lipinski definition) is 3. The van der Waals surface area contributed by atoms with E-state index in [-0.39, 0.29) is 0 Å². The van der Waals surface area contributed by atoms with Gasteiger partial charge in [0, 0.05) is 14.1 Å². The Balaban J connectivity index is 3.29. The molecule has 0 aliphatic rings. The van der Waals surface area contributed by atoms with Crippen LogP contribution in [0.1, 0.15) is 0 Å². The number of hydrogen-bond donors (Lipinski definition) is 0. The highest BCUT2D eigenvalue weighted by Crippen LogP contribution is 1.64. The Bertz CT molecular complexity index is 72.9. The number of carbonyl (C=O) groups excluding carboxylic acids is 1. The molecule has 0 aromatic carbocycles. The van der Waals surface area contributed by atoms with Crippen LogP contribution in [0.4, 0.5) is 0 Å². The van der Waals surface area contributed by atoms with Crippen molar-refractivity contribution in [3.05, 3.63) is 0 Å². The standard InChI is InChI=1S/C3H6N2O/c1-5(2)4-3-6/h1-2H3. The van der Waals surface area contributed by atoms with Crippen molar-refractivity contribution in [2.45, 2.75) is 0 Å². The predicted molar refractivity (Wildman–Crippen MR) is 21.8 cm³/mol. The van der Waals surface area contributed by atoms with Gasteiger partial charge in [-0.15, -0.1) is 0 Å². The SMILES string of the molecule is CN(C)N=C=O. The van der Waals surface area contributed by atoms with Crippen molar-refractivity contribution in [2.24, 2.45) is 5.10 Å². The Labute approximate surface area is 36.3 Å². The maximum Gasteiger partial charge on any atom is 0.258 e. The summed E-state index contributed by atoms with van der Waals surface area (Å²) in [5.41, 5.74) is 0. The highest BCUT2D eigenvalue weighted by atomic mass is 16.1. The summed E-state index contributed by atoms with van der Waals surface area (Å²) in [5.74, 6) is 0. The predicted octanol–water partition coefficient (Wildman–Crippen LogP) is -0.201. The van der Waals surface area contributed by atoms with Crippen LogP contribution in [0.3, 0.4) is 0 Å². The van der Waals surface area contributed by atoms with Crippen LogP contribution in [0, 0.1) is 0 Å². The van der Waals surface area contributed by atoms with Crippen molar-refractivity contribution in [1.29, 1.82) is 0 Å². The van der Waals surface area contributed by atoms with Gasteiger partial charge in [-0.1, -0.05) is 5.10 Å². The first-order valence-electron chi connectivity index (χ1n) is 1.52. The van der Waals surface area contributed by atoms with Gasteiger partial charge in [0.1, 0.15) is 0 Å². The van der Waals surface area contributed by atoms with Crippen LogP contribution in [-0.2, 0) is 4.79 Å². The summed E-state index contributed by atoms with van der Waals surface area (Å²) in [7, 11) is 3.32. The molecule has 3 nitrogen and oxygen atoms in total. The van der Waals surface area contributed by atoms with Crippen LogP contribution >= 0.6 is 0 Å². The number of rotatable bonds is 1. The van der Waals surface area contributed by atoms with E-state index in [4.69, 9.17) is 0 Å². The third-order valence-corrected chi connectivity index (χ3v) is 0.241. The smallest absolute Gasteiger partial charge is 0.258 e. The lowest BCUT2D eigenvalue weighted by molar-refractivity contribution is 0.428. The third-order valence-electron chi connectivity index (χ3n) is 0.241. The second kappa shape index (κ2) is 2.42. The molecule has 0 spiro atoms. The third kappa shape index (κ3) is 3.18. The molecular weight excluding hydrogens is 80.0 g/mol. The average Bonchev–Trinajstić information content (AvgIpc) is 1.35. The van der Waals surface area contributed by atoms with E-state index in [2.05, 4.69) is 5.10 Å². The Morgan fingerprint density at radius 3 is 2.17 bits per heavy atom. The van der Waals surface area contributed by atoms with Gasteiger partial charge in [-0.3, -0.25) is 5.01 Å². The van der Waals surface area contributed by atoms with E-state index in [1.54, 1.807) is 14.1 Å². The minimum Gasteiger partial charge on any atom is -0.292 e. The number of isocyanates is 1. The van der Waals surface area contributed by atoms with Crippen LogP contribution in [0.15, 0.2) is 5.10 Å². The Hall–Kier alpha value is -0.820. The van der Waals surface area contributed by atoms with Gasteiger partial charge in [0.15, 0.2) is 0 Å². The minimum absolute atomic E-state index is 1.37. The molecule has 3 heteroatoms. The molecule has 6 heavy (non-hydrogen) atoms. The second-order valence-corrected chi connectivity index (χ2v) is 1.04. The summed E-state index contributed by atoms with van der Waals surface area (Å²) < 4.78 is 0. The first-order valence-corrected chi connectivity index (χ1v) is 1.52. The van der Waals surface area contributed by atoms with Gasteiger partial charge < -0.3 is 0 Å². The lowest BCUT2D eigenvalue weighted by Crippen LogP contribution is -1.99. The summed E-state index contributed by atoms with van der Waals surface area (Å²) in [6.45, 7) is 0. The first-order chi connectivity index (χ1) is 2.77. The molecule has 34 valence electrons. The quantitative estimate of drug-likeness (QED) is 0.251. The van der Waals surface area contributed by atoms with Gasteiger partial charge in [-0.25, -0.2) is 4.79 Å². The van der Waals surface area contributed by atoms with Gasteiger partial charge in [0.2, 0.25) is 0 Å². The topological polar surface area (TPSA) is 32.7 Å². The van der Waals surface area contributed by atoms with Crippen LogP contribution < -0.4 is 0 Å². The van der Waals surface area contributed by atoms with Gasteiger partial charge in [0.05, 0.1) is 0 Å². The van der Waals surface area contributed by atoms with Crippen LogP contribution in [0.5, 0.6) is 0 Å². The first kappa shape index (κ1) is 5.18. The monoisotopic (exact) mass is 86.0 g/mol. The van der Waals surface area contributed by atoms with Crippen molar-refractivity contribution in [1.82, 2.24) is 5.01 Å². The fourth-order valence-electron chi connectivity index (χ4n) is 0.0816. The van der Waals surface area contributed by atoms with E-state index in [1.165, 1.54) is 11.1 Å². The fourth-order valence-corrected chi connectivity index (χ4v) is 0.0816. The molecule has 0 N–H and O–H groups in total. The molecule has 0 amide bonds. The van der Waals surface area contributed by atoms with Crippen molar-refractivity contribution in [3.63, 3.8) is 0 Å². The molecule has 0 rings (SSSR count). The lowest BCUT2D eigenvalue weighted by Gasteiger charge is -1.94. The number of nitrogens with zero attached hydrogens (tertiary/aromatic N) is 2. The molecule has 0 saturated heterocycles. The van der Waals surface area contributed by atoms with Crippen LogP contribution in [0.2, 0.25) is 0 Å². The zero-order chi connectivity index (χ0) is 4.99. The fraction of sp³-hybridized carbons (Fsp3) is 0.667. The molecule has 0 atom stereocenters. The van der Waals surface area contributed by atoms with E-state index in [0.29, 0.717) is 0 Å². The molecular formula is C3H6N2O. The summed E-state index contributed by atoms with van der Waals surface area (Å²) in [6, 6.07) is 0. The molecule has 0 saturated carbocycles. The van der Waals surface area contributed by atoms with Gasteiger partial charge >= 0.3 is 0 Å². The largest absolute Gasteiger partial charge is 0.292 e. The van der Waals surface area contributed by atoms with Gasteiger partial charge in [0.25, 0.3) is 6.08 Å². The number of hydrazone groups is 1. The molecule has 0 aliphatic heterocycles. The lowest BCUT2D eigenvalue weighted by atomic mass is 11.2. The second-order valence-electron chi connectivity index (χ2n) is 1.04. The van der Waals surface area contributed by atoms with E-state index < -0.39 is 0 Å². The van der Waals surface area contributed by atoms with E-state index in [9.17, 15) is 4.79 Å². The maximum atomic E-state index is 9.28. The molecule has 0 aromatic heterocycles. The molecule has 0 unspecified atom stereocenters. The molecule has 0 aromatic rings. The van der Waals surface area contributed by atoms with E-state index >= 15 is 0 Å². The van der Waals surface area contributed by atoms with Crippen molar-refractivity contribution in [3.8, 4) is 0 Å². The minimum atomic E-state index is 1.37. The van der Waals surface area contributed by atoms with Crippen molar-refractivity contribution in [2.75, 3.05) is 14.1 Å². The summed E-state index contributed by atoms with van der Waals surface area (Å²) >= 11 is 0. The van der Waals surface area contributed by atoms with Gasteiger partial charge in [-0.05, 0) is 0 Å². The summed E-state index contributed by atoms with van der Waals surface area (Å²) in [5, 5.41) is 4.53. The Morgan fingerprint density at radius 2 is 2.17 bits per heavy atom. The Kier molecular flexibility index (Phi) is 2.09. The average molecular weight is 86.1 g/mol. The van der Waals surface area contributed by atoms with Crippen LogP contribution in [0.25, 0.3) is 0 Å². The Morgan fingerprint density at radius 1 is 1.67 bits per heavy atom. The molecule has 0 fully saturated rings. The van der Waals surface area contributed by atoms with Gasteiger partial charge in [-0.2, -0.15) is 0 Å². The van der Waals surface area contributed by atoms with Crippen molar-refractivity contribution < 1.29 is 4.79 Å². The summed E-state index contributed by atoms with van der Waals surface area (Å²) in [4.78, 5) is 9.28. The molecule has 0 aliphatic carbocycles. The van der Waals surface area contributed by atoms with Crippen LogP contribution in [-0.4, -0.2) is 25.2 Å². The molecule has 0 bridgehead atoms. The normalized spacial score (nSPS) is 6.33.